The van der Waals surface area contributed by atoms with E-state index in [1.54, 1.807) is 34.2 Å². The number of hydrogen-bond acceptors (Lipinski definition) is 7. The molecule has 0 unspecified atom stereocenters. The Bertz CT molecular complexity index is 960. The third-order valence-electron chi connectivity index (χ3n) is 3.13. The molecule has 0 radical (unpaired) electrons. The maximum absolute atomic E-state index is 10.6. The van der Waals surface area contributed by atoms with Gasteiger partial charge < -0.3 is 5.11 Å². The lowest BCUT2D eigenvalue weighted by atomic mass is 10.3. The van der Waals surface area contributed by atoms with Gasteiger partial charge in [0.15, 0.2) is 3.95 Å². The summed E-state index contributed by atoms with van der Waals surface area (Å²) in [7, 11) is 0. The highest BCUT2D eigenvalue weighted by atomic mass is 32.1. The van der Waals surface area contributed by atoms with E-state index in [0.29, 0.717) is 15.3 Å². The van der Waals surface area contributed by atoms with Crippen molar-refractivity contribution in [2.45, 2.75) is 0 Å². The Morgan fingerprint density at radius 1 is 1.04 bits per heavy atom. The number of thiazole rings is 1. The molecular weight excluding hydrogens is 348 g/mol. The summed E-state index contributed by atoms with van der Waals surface area (Å²) >= 11 is 6.44. The van der Waals surface area contributed by atoms with Gasteiger partial charge >= 0.3 is 0 Å². The smallest absolute Gasteiger partial charge is 0.269 e. The number of nitrogens with zero attached hydrogens (tertiary/aromatic N) is 4. The van der Waals surface area contributed by atoms with Gasteiger partial charge in [-0.25, -0.2) is 0 Å². The van der Waals surface area contributed by atoms with Crippen LogP contribution in [0.2, 0.25) is 0 Å². The second-order valence-corrected chi connectivity index (χ2v) is 6.19. The molecule has 2 aromatic carbocycles. The molecule has 0 amide bonds. The Hall–Kier alpha value is -2.91. The van der Waals surface area contributed by atoms with Crippen LogP contribution < -0.4 is 0 Å². The molecule has 0 saturated heterocycles. The van der Waals surface area contributed by atoms with Crippen molar-refractivity contribution in [2.75, 3.05) is 0 Å². The van der Waals surface area contributed by atoms with E-state index in [0.717, 1.165) is 5.69 Å². The normalized spacial score (nSPS) is 11.0. The molecule has 1 aromatic heterocycles. The maximum atomic E-state index is 10.6. The van der Waals surface area contributed by atoms with E-state index in [4.69, 9.17) is 12.2 Å². The van der Waals surface area contributed by atoms with Gasteiger partial charge in [0.1, 0.15) is 0 Å². The third-order valence-corrected chi connectivity index (χ3v) is 4.31. The Morgan fingerprint density at radius 2 is 1.58 bits per heavy atom. The fraction of sp³-hybridized carbons (Fsp3) is 0. The lowest BCUT2D eigenvalue weighted by Crippen LogP contribution is -1.91. The second kappa shape index (κ2) is 6.69. The van der Waals surface area contributed by atoms with E-state index in [2.05, 4.69) is 10.2 Å². The van der Waals surface area contributed by atoms with E-state index >= 15 is 0 Å². The van der Waals surface area contributed by atoms with Crippen LogP contribution in [-0.2, 0) is 0 Å². The first kappa shape index (κ1) is 16.0. The van der Waals surface area contributed by atoms with Gasteiger partial charge in [0, 0.05) is 12.1 Å². The minimum atomic E-state index is -0.468. The zero-order valence-corrected chi connectivity index (χ0v) is 13.7. The zero-order valence-electron chi connectivity index (χ0n) is 12.1. The molecule has 0 atom stereocenters. The standard InChI is InChI=1S/C15H10N4O3S2/c20-14-9-24-15(23)18(14)12-5-1-10(2-6-12)16-17-11-3-7-13(8-4-11)19(21)22/h1-9,20H. The summed E-state index contributed by atoms with van der Waals surface area (Å²) in [6.45, 7) is 0. The average Bonchev–Trinajstić information content (AvgIpc) is 2.92. The van der Waals surface area contributed by atoms with Crippen LogP contribution in [-0.4, -0.2) is 14.6 Å². The molecule has 24 heavy (non-hydrogen) atoms. The van der Waals surface area contributed by atoms with Gasteiger partial charge in [-0.05, 0) is 48.6 Å². The van der Waals surface area contributed by atoms with Crippen LogP contribution in [0, 0.1) is 14.1 Å². The number of hydrogen-bond donors (Lipinski definition) is 1. The monoisotopic (exact) mass is 358 g/mol. The van der Waals surface area contributed by atoms with Crippen LogP contribution in [0.4, 0.5) is 17.1 Å². The minimum Gasteiger partial charge on any atom is -0.494 e. The highest BCUT2D eigenvalue weighted by Gasteiger charge is 2.05. The summed E-state index contributed by atoms with van der Waals surface area (Å²) in [6, 6.07) is 12.8. The first-order chi connectivity index (χ1) is 11.5. The number of aromatic hydroxyl groups is 1. The molecule has 1 heterocycles. The molecule has 3 aromatic rings. The van der Waals surface area contributed by atoms with E-state index < -0.39 is 4.92 Å². The van der Waals surface area contributed by atoms with E-state index in [1.165, 1.54) is 35.6 Å². The zero-order chi connectivity index (χ0) is 17.1. The second-order valence-electron chi connectivity index (χ2n) is 4.69. The maximum Gasteiger partial charge on any atom is 0.269 e. The summed E-state index contributed by atoms with van der Waals surface area (Å²) in [5.74, 6) is 0.0882. The van der Waals surface area contributed by atoms with Crippen molar-refractivity contribution in [2.24, 2.45) is 10.2 Å². The molecule has 0 aliphatic rings. The van der Waals surface area contributed by atoms with Crippen molar-refractivity contribution in [3.63, 3.8) is 0 Å². The van der Waals surface area contributed by atoms with Gasteiger partial charge in [-0.3, -0.25) is 14.7 Å². The Labute approximate surface area is 145 Å². The number of nitro groups is 1. The number of non-ortho nitro benzene ring substituents is 1. The number of benzene rings is 2. The SMILES string of the molecule is O=[N+]([O-])c1ccc(N=Nc2ccc(-n3c(O)csc3=S)cc2)cc1. The van der Waals surface area contributed by atoms with Crippen LogP contribution in [0.3, 0.4) is 0 Å². The Kier molecular flexibility index (Phi) is 4.45. The number of rotatable bonds is 4. The van der Waals surface area contributed by atoms with Gasteiger partial charge in [0.2, 0.25) is 5.88 Å². The van der Waals surface area contributed by atoms with Gasteiger partial charge in [0.25, 0.3) is 5.69 Å². The summed E-state index contributed by atoms with van der Waals surface area (Å²) < 4.78 is 2.10. The van der Waals surface area contributed by atoms with Gasteiger partial charge in [-0.15, -0.1) is 11.3 Å². The highest BCUT2D eigenvalue weighted by Crippen LogP contribution is 2.26. The van der Waals surface area contributed by atoms with Gasteiger partial charge in [-0.2, -0.15) is 10.2 Å². The number of aromatic nitrogens is 1. The van der Waals surface area contributed by atoms with E-state index in [9.17, 15) is 15.2 Å². The van der Waals surface area contributed by atoms with Crippen LogP contribution in [0.1, 0.15) is 0 Å². The van der Waals surface area contributed by atoms with Gasteiger partial charge in [0.05, 0.1) is 27.4 Å². The third kappa shape index (κ3) is 3.36. The Balaban J connectivity index is 1.79. The molecule has 120 valence electrons. The first-order valence-corrected chi connectivity index (χ1v) is 7.99. The largest absolute Gasteiger partial charge is 0.494 e. The first-order valence-electron chi connectivity index (χ1n) is 6.71. The van der Waals surface area contributed by atoms with Crippen molar-refractivity contribution < 1.29 is 10.0 Å². The fourth-order valence-electron chi connectivity index (χ4n) is 1.96. The molecule has 9 heteroatoms. The molecule has 7 nitrogen and oxygen atoms in total. The molecule has 0 aliphatic carbocycles. The average molecular weight is 358 g/mol. The van der Waals surface area contributed by atoms with Crippen LogP contribution >= 0.6 is 23.6 Å². The lowest BCUT2D eigenvalue weighted by Gasteiger charge is -2.04. The van der Waals surface area contributed by atoms with Crippen LogP contribution in [0.25, 0.3) is 5.69 Å². The molecule has 1 N–H and O–H groups in total. The molecule has 0 saturated carbocycles. The van der Waals surface area contributed by atoms with Crippen molar-refractivity contribution in [1.29, 1.82) is 0 Å². The summed E-state index contributed by atoms with van der Waals surface area (Å²) in [4.78, 5) is 10.1. The van der Waals surface area contributed by atoms with Crippen molar-refractivity contribution in [3.05, 3.63) is 68.0 Å². The van der Waals surface area contributed by atoms with Crippen LogP contribution in [0.15, 0.2) is 64.1 Å². The predicted octanol–water partition coefficient (Wildman–Crippen LogP) is 5.30. The van der Waals surface area contributed by atoms with E-state index in [1.807, 2.05) is 0 Å². The lowest BCUT2D eigenvalue weighted by molar-refractivity contribution is -0.384. The summed E-state index contributed by atoms with van der Waals surface area (Å²) in [5, 5.41) is 30.1. The van der Waals surface area contributed by atoms with Gasteiger partial charge in [-0.1, -0.05) is 0 Å². The molecule has 0 spiro atoms. The van der Waals surface area contributed by atoms with E-state index in [-0.39, 0.29) is 11.6 Å². The number of azo groups is 1. The number of nitro benzene ring substituents is 1. The minimum absolute atomic E-state index is 0.00520. The quantitative estimate of drug-likeness (QED) is 0.296. The van der Waals surface area contributed by atoms with Crippen molar-refractivity contribution >= 4 is 40.6 Å². The molecule has 0 aliphatic heterocycles. The molecule has 0 fully saturated rings. The fourth-order valence-corrected chi connectivity index (χ4v) is 2.92. The summed E-state index contributed by atoms with van der Waals surface area (Å²) in [5.41, 5.74) is 1.86. The van der Waals surface area contributed by atoms with Crippen LogP contribution in [0.5, 0.6) is 5.88 Å². The molecule has 3 rings (SSSR count). The predicted molar refractivity (Wildman–Crippen MR) is 93.4 cm³/mol. The summed E-state index contributed by atoms with van der Waals surface area (Å²) in [6.07, 6.45) is 0. The molecular formula is C15H10N4O3S2. The highest BCUT2D eigenvalue weighted by molar-refractivity contribution is 7.73. The molecule has 0 bridgehead atoms. The van der Waals surface area contributed by atoms with Crippen molar-refractivity contribution in [3.8, 4) is 11.6 Å². The topological polar surface area (TPSA) is 93.0 Å². The Morgan fingerprint density at radius 3 is 2.04 bits per heavy atom. The van der Waals surface area contributed by atoms with Crippen molar-refractivity contribution in [1.82, 2.24) is 4.57 Å².